The van der Waals surface area contributed by atoms with E-state index in [1.54, 1.807) is 35.6 Å². The highest BCUT2D eigenvalue weighted by molar-refractivity contribution is 7.13. The highest BCUT2D eigenvalue weighted by Gasteiger charge is 2.14. The van der Waals surface area contributed by atoms with Gasteiger partial charge in [0, 0.05) is 28.2 Å². The van der Waals surface area contributed by atoms with Crippen LogP contribution in [0, 0.1) is 13.8 Å². The molecule has 27 heavy (non-hydrogen) atoms. The molecule has 0 radical (unpaired) electrons. The number of aryl methyl sites for hydroxylation is 1. The smallest absolute Gasteiger partial charge is 0.337 e. The summed E-state index contributed by atoms with van der Waals surface area (Å²) in [4.78, 5) is 24.9. The van der Waals surface area contributed by atoms with Gasteiger partial charge in [-0.25, -0.2) is 4.79 Å². The van der Waals surface area contributed by atoms with Gasteiger partial charge in [0.25, 0.3) is 5.91 Å². The number of esters is 1. The molecule has 6 nitrogen and oxygen atoms in total. The number of hydrogen-bond acceptors (Lipinski definition) is 5. The minimum absolute atomic E-state index is 0.188. The molecule has 1 N–H and O–H groups in total. The molecule has 2 heterocycles. The Morgan fingerprint density at radius 3 is 2.48 bits per heavy atom. The van der Waals surface area contributed by atoms with Crippen molar-refractivity contribution in [3.8, 4) is 10.4 Å². The molecule has 7 heteroatoms. The lowest BCUT2D eigenvalue weighted by Crippen LogP contribution is -2.27. The molecular formula is C20H21N3O3S. The number of rotatable bonds is 6. The Hall–Kier alpha value is -2.93. The van der Waals surface area contributed by atoms with E-state index in [-0.39, 0.29) is 5.91 Å². The average molecular weight is 383 g/mol. The molecule has 1 amide bonds. The van der Waals surface area contributed by atoms with Crippen molar-refractivity contribution < 1.29 is 14.3 Å². The molecule has 0 bridgehead atoms. The van der Waals surface area contributed by atoms with E-state index in [0.29, 0.717) is 24.2 Å². The number of amides is 1. The van der Waals surface area contributed by atoms with Crippen LogP contribution in [-0.2, 0) is 11.3 Å². The molecule has 0 spiro atoms. The van der Waals surface area contributed by atoms with Crippen molar-refractivity contribution in [2.24, 2.45) is 0 Å². The predicted molar refractivity (Wildman–Crippen MR) is 105 cm³/mol. The summed E-state index contributed by atoms with van der Waals surface area (Å²) in [5, 5.41) is 9.54. The summed E-state index contributed by atoms with van der Waals surface area (Å²) in [7, 11) is 1.33. The number of ether oxygens (including phenoxy) is 1. The van der Waals surface area contributed by atoms with Crippen LogP contribution in [0.15, 0.2) is 41.8 Å². The zero-order valence-corrected chi connectivity index (χ0v) is 16.3. The Balaban J connectivity index is 1.61. The highest BCUT2D eigenvalue weighted by atomic mass is 32.1. The first kappa shape index (κ1) is 18.8. The number of nitrogens with one attached hydrogen (secondary N) is 1. The first-order valence-electron chi connectivity index (χ1n) is 8.55. The fraction of sp³-hybridized carbons (Fsp3) is 0.250. The molecule has 3 aromatic rings. The summed E-state index contributed by atoms with van der Waals surface area (Å²) in [6.45, 7) is 5.09. The Kier molecular flexibility index (Phi) is 5.71. The average Bonchev–Trinajstić information content (AvgIpc) is 3.29. The number of thiophene rings is 1. The van der Waals surface area contributed by atoms with Gasteiger partial charge < -0.3 is 10.1 Å². The molecule has 3 rings (SSSR count). The summed E-state index contributed by atoms with van der Waals surface area (Å²) >= 11 is 1.69. The molecule has 0 aliphatic carbocycles. The van der Waals surface area contributed by atoms with E-state index in [4.69, 9.17) is 0 Å². The third-order valence-electron chi connectivity index (χ3n) is 4.33. The van der Waals surface area contributed by atoms with Crippen LogP contribution in [0.5, 0.6) is 0 Å². The molecule has 0 fully saturated rings. The second-order valence-electron chi connectivity index (χ2n) is 6.07. The van der Waals surface area contributed by atoms with Gasteiger partial charge in [0.05, 0.1) is 24.9 Å². The summed E-state index contributed by atoms with van der Waals surface area (Å²) in [5.41, 5.74) is 4.15. The highest BCUT2D eigenvalue weighted by Crippen LogP contribution is 2.30. The summed E-state index contributed by atoms with van der Waals surface area (Å²) in [6, 6.07) is 10.5. The van der Waals surface area contributed by atoms with Crippen molar-refractivity contribution in [3.05, 3.63) is 64.3 Å². The normalized spacial score (nSPS) is 10.6. The summed E-state index contributed by atoms with van der Waals surface area (Å²) in [6.07, 6.45) is 0. The van der Waals surface area contributed by atoms with Crippen molar-refractivity contribution in [1.29, 1.82) is 0 Å². The predicted octanol–water partition coefficient (Wildman–Crippen LogP) is 3.45. The van der Waals surface area contributed by atoms with E-state index < -0.39 is 5.97 Å². The van der Waals surface area contributed by atoms with Crippen LogP contribution in [-0.4, -0.2) is 35.3 Å². The van der Waals surface area contributed by atoms with Crippen molar-refractivity contribution in [2.45, 2.75) is 20.4 Å². The van der Waals surface area contributed by atoms with Crippen LogP contribution >= 0.6 is 11.3 Å². The van der Waals surface area contributed by atoms with E-state index in [1.807, 2.05) is 24.6 Å². The van der Waals surface area contributed by atoms with Crippen LogP contribution in [0.2, 0.25) is 0 Å². The van der Waals surface area contributed by atoms with Crippen LogP contribution in [0.25, 0.3) is 10.4 Å². The lowest BCUT2D eigenvalue weighted by atomic mass is 10.1. The third kappa shape index (κ3) is 4.09. The van der Waals surface area contributed by atoms with Crippen LogP contribution < -0.4 is 5.32 Å². The van der Waals surface area contributed by atoms with E-state index in [2.05, 4.69) is 26.6 Å². The van der Waals surface area contributed by atoms with Gasteiger partial charge in [0.1, 0.15) is 0 Å². The number of aromatic nitrogens is 2. The van der Waals surface area contributed by atoms with Gasteiger partial charge in [0.2, 0.25) is 0 Å². The maximum atomic E-state index is 12.3. The van der Waals surface area contributed by atoms with Gasteiger partial charge in [-0.2, -0.15) is 5.10 Å². The molecule has 0 saturated heterocycles. The quantitative estimate of drug-likeness (QED) is 0.662. The molecule has 1 aromatic carbocycles. The topological polar surface area (TPSA) is 73.2 Å². The van der Waals surface area contributed by atoms with Gasteiger partial charge in [0.15, 0.2) is 0 Å². The first-order valence-corrected chi connectivity index (χ1v) is 9.43. The zero-order chi connectivity index (χ0) is 19.4. The molecule has 0 saturated carbocycles. The van der Waals surface area contributed by atoms with Crippen molar-refractivity contribution in [2.75, 3.05) is 13.7 Å². The molecule has 0 aliphatic heterocycles. The first-order chi connectivity index (χ1) is 13.0. The van der Waals surface area contributed by atoms with E-state index in [9.17, 15) is 9.59 Å². The molecule has 0 aliphatic rings. The number of nitrogens with zero attached hydrogens (tertiary/aromatic N) is 2. The zero-order valence-electron chi connectivity index (χ0n) is 15.5. The second kappa shape index (κ2) is 8.18. The van der Waals surface area contributed by atoms with Gasteiger partial charge >= 0.3 is 5.97 Å². The standard InChI is InChI=1S/C20H21N3O3S/c1-13-18(17-5-4-12-27-17)14(2)23(22-13)11-10-21-19(24)15-6-8-16(9-7-15)20(25)26-3/h4-9,12H,10-11H2,1-3H3,(H,21,24). The van der Waals surface area contributed by atoms with Crippen LogP contribution in [0.3, 0.4) is 0 Å². The van der Waals surface area contributed by atoms with Crippen molar-refractivity contribution >= 4 is 23.2 Å². The number of carbonyl (C=O) groups excluding carboxylic acids is 2. The Labute approximate surface area is 161 Å². The van der Waals surface area contributed by atoms with E-state index in [1.165, 1.54) is 12.0 Å². The Morgan fingerprint density at radius 1 is 1.15 bits per heavy atom. The van der Waals surface area contributed by atoms with Crippen LogP contribution in [0.4, 0.5) is 0 Å². The fourth-order valence-electron chi connectivity index (χ4n) is 2.94. The lowest BCUT2D eigenvalue weighted by molar-refractivity contribution is 0.0600. The van der Waals surface area contributed by atoms with Crippen molar-refractivity contribution in [3.63, 3.8) is 0 Å². The fourth-order valence-corrected chi connectivity index (χ4v) is 3.82. The Bertz CT molecular complexity index is 944. The van der Waals surface area contributed by atoms with E-state index in [0.717, 1.165) is 17.0 Å². The SMILES string of the molecule is COC(=O)c1ccc(C(=O)NCCn2nc(C)c(-c3cccs3)c2C)cc1. The minimum Gasteiger partial charge on any atom is -0.465 e. The molecule has 140 valence electrons. The monoisotopic (exact) mass is 383 g/mol. The summed E-state index contributed by atoms with van der Waals surface area (Å²) in [5.74, 6) is -0.612. The number of benzene rings is 1. The number of methoxy groups -OCH3 is 1. The maximum Gasteiger partial charge on any atom is 0.337 e. The van der Waals surface area contributed by atoms with Crippen LogP contribution in [0.1, 0.15) is 32.1 Å². The second-order valence-corrected chi connectivity index (χ2v) is 7.02. The Morgan fingerprint density at radius 2 is 1.85 bits per heavy atom. The van der Waals surface area contributed by atoms with Gasteiger partial charge in [-0.3, -0.25) is 9.48 Å². The molecule has 2 aromatic heterocycles. The summed E-state index contributed by atoms with van der Waals surface area (Å²) < 4.78 is 6.57. The minimum atomic E-state index is -0.423. The van der Waals surface area contributed by atoms with Crippen molar-refractivity contribution in [1.82, 2.24) is 15.1 Å². The maximum absolute atomic E-state index is 12.3. The number of carbonyl (C=O) groups is 2. The molecular weight excluding hydrogens is 362 g/mol. The van der Waals surface area contributed by atoms with Gasteiger partial charge in [-0.05, 0) is 49.6 Å². The van der Waals surface area contributed by atoms with Gasteiger partial charge in [-0.1, -0.05) is 6.07 Å². The van der Waals surface area contributed by atoms with E-state index >= 15 is 0 Å². The number of hydrogen-bond donors (Lipinski definition) is 1. The largest absolute Gasteiger partial charge is 0.465 e. The molecule has 0 unspecified atom stereocenters. The lowest BCUT2D eigenvalue weighted by Gasteiger charge is -2.08. The van der Waals surface area contributed by atoms with Gasteiger partial charge in [-0.15, -0.1) is 11.3 Å². The third-order valence-corrected chi connectivity index (χ3v) is 5.21. The molecule has 0 atom stereocenters.